The second kappa shape index (κ2) is 2.77. The lowest BCUT2D eigenvalue weighted by atomic mass is 9.90. The van der Waals surface area contributed by atoms with E-state index in [0.29, 0.717) is 6.61 Å². The fourth-order valence-corrected chi connectivity index (χ4v) is 1.10. The van der Waals surface area contributed by atoms with Crippen molar-refractivity contribution in [3.8, 4) is 0 Å². The molecule has 0 radical (unpaired) electrons. The van der Waals surface area contributed by atoms with E-state index in [1.54, 1.807) is 0 Å². The summed E-state index contributed by atoms with van der Waals surface area (Å²) in [6.07, 6.45) is -0.741. The van der Waals surface area contributed by atoms with Gasteiger partial charge in [0.2, 0.25) is 6.10 Å². The van der Waals surface area contributed by atoms with E-state index in [-0.39, 0.29) is 0 Å². The van der Waals surface area contributed by atoms with Gasteiger partial charge in [0.05, 0.1) is 0 Å². The van der Waals surface area contributed by atoms with Gasteiger partial charge in [0, 0.05) is 12.3 Å². The van der Waals surface area contributed by atoms with Crippen molar-refractivity contribution in [2.24, 2.45) is 5.41 Å². The highest BCUT2D eigenvalue weighted by atomic mass is 16.6. The predicted molar refractivity (Wildman–Crippen MR) is 40.3 cm³/mol. The van der Waals surface area contributed by atoms with Crippen LogP contribution in [0, 0.1) is 5.41 Å². The first-order valence-corrected chi connectivity index (χ1v) is 3.77. The van der Waals surface area contributed by atoms with Crippen molar-refractivity contribution in [2.75, 3.05) is 6.61 Å². The summed E-state index contributed by atoms with van der Waals surface area (Å²) in [5, 5.41) is 0. The third-order valence-electron chi connectivity index (χ3n) is 1.79. The van der Waals surface area contributed by atoms with E-state index in [1.165, 1.54) is 6.92 Å². The van der Waals surface area contributed by atoms with E-state index in [9.17, 15) is 9.59 Å². The van der Waals surface area contributed by atoms with E-state index in [1.807, 2.05) is 13.8 Å². The molecule has 0 aliphatic carbocycles. The van der Waals surface area contributed by atoms with Gasteiger partial charge < -0.3 is 9.47 Å². The molecule has 1 aliphatic heterocycles. The maximum absolute atomic E-state index is 11.0. The number of carbonyl (C=O) groups excluding carboxylic acids is 2. The molecule has 12 heavy (non-hydrogen) atoms. The van der Waals surface area contributed by atoms with E-state index < -0.39 is 23.5 Å². The number of ether oxygens (including phenoxy) is 2. The third-order valence-corrected chi connectivity index (χ3v) is 1.79. The molecule has 1 aliphatic rings. The molecule has 4 heteroatoms. The van der Waals surface area contributed by atoms with Crippen LogP contribution in [0.5, 0.6) is 0 Å². The number of carbonyl (C=O) groups is 2. The van der Waals surface area contributed by atoms with Crippen molar-refractivity contribution in [3.05, 3.63) is 0 Å². The highest BCUT2D eigenvalue weighted by Crippen LogP contribution is 2.30. The summed E-state index contributed by atoms with van der Waals surface area (Å²) in [6, 6.07) is 0. The molecule has 0 aromatic carbocycles. The molecule has 0 N–H and O–H groups in total. The number of cyclic esters (lactones) is 1. The molecule has 1 heterocycles. The maximum Gasteiger partial charge on any atom is 0.348 e. The van der Waals surface area contributed by atoms with Gasteiger partial charge in [0.1, 0.15) is 6.61 Å². The maximum atomic E-state index is 11.0. The largest absolute Gasteiger partial charge is 0.462 e. The Balaban J connectivity index is 2.71. The quantitative estimate of drug-likeness (QED) is 0.540. The molecular formula is C8H12O4. The Morgan fingerprint density at radius 2 is 2.25 bits per heavy atom. The number of hydrogen-bond acceptors (Lipinski definition) is 4. The van der Waals surface area contributed by atoms with Crippen LogP contribution in [0.25, 0.3) is 0 Å². The van der Waals surface area contributed by atoms with Crippen LogP contribution in [0.1, 0.15) is 20.8 Å². The highest BCUT2D eigenvalue weighted by Gasteiger charge is 2.46. The molecule has 0 saturated carbocycles. The molecule has 0 amide bonds. The smallest absolute Gasteiger partial charge is 0.348 e. The monoisotopic (exact) mass is 172 g/mol. The van der Waals surface area contributed by atoms with Gasteiger partial charge in [-0.15, -0.1) is 0 Å². The van der Waals surface area contributed by atoms with Crippen molar-refractivity contribution in [1.29, 1.82) is 0 Å². The Kier molecular flexibility index (Phi) is 2.08. The van der Waals surface area contributed by atoms with Gasteiger partial charge in [0.25, 0.3) is 0 Å². The minimum Gasteiger partial charge on any atom is -0.462 e. The first-order valence-electron chi connectivity index (χ1n) is 3.77. The summed E-state index contributed by atoms with van der Waals surface area (Å²) in [7, 11) is 0. The lowest BCUT2D eigenvalue weighted by Crippen LogP contribution is -2.34. The van der Waals surface area contributed by atoms with Crippen molar-refractivity contribution < 1.29 is 19.1 Å². The van der Waals surface area contributed by atoms with Crippen molar-refractivity contribution in [3.63, 3.8) is 0 Å². The number of rotatable bonds is 1. The van der Waals surface area contributed by atoms with Crippen LogP contribution in [0.15, 0.2) is 0 Å². The fraction of sp³-hybridized carbons (Fsp3) is 0.750. The molecule has 68 valence electrons. The van der Waals surface area contributed by atoms with Crippen LogP contribution in [0.2, 0.25) is 0 Å². The van der Waals surface area contributed by atoms with E-state index in [0.717, 1.165) is 0 Å². The minimum absolute atomic E-state index is 0.309. The van der Waals surface area contributed by atoms with Crippen LogP contribution < -0.4 is 0 Å². The Labute approximate surface area is 70.8 Å². The molecule has 1 unspecified atom stereocenters. The normalized spacial score (nSPS) is 26.6. The van der Waals surface area contributed by atoms with Gasteiger partial charge in [0.15, 0.2) is 0 Å². The zero-order valence-electron chi connectivity index (χ0n) is 7.42. The Morgan fingerprint density at radius 1 is 1.67 bits per heavy atom. The van der Waals surface area contributed by atoms with E-state index in [2.05, 4.69) is 0 Å². The van der Waals surface area contributed by atoms with Gasteiger partial charge in [-0.25, -0.2) is 4.79 Å². The predicted octanol–water partition coefficient (Wildman–Crippen LogP) is 0.501. The molecule has 0 aromatic heterocycles. The number of hydrogen-bond donors (Lipinski definition) is 0. The molecule has 0 bridgehead atoms. The van der Waals surface area contributed by atoms with Crippen molar-refractivity contribution in [1.82, 2.24) is 0 Å². The minimum atomic E-state index is -0.741. The lowest BCUT2D eigenvalue weighted by Gasteiger charge is -2.20. The van der Waals surface area contributed by atoms with Crippen LogP contribution in [0.4, 0.5) is 0 Å². The van der Waals surface area contributed by atoms with Crippen molar-refractivity contribution >= 4 is 11.9 Å². The Hall–Kier alpha value is -1.06. The first-order chi connectivity index (χ1) is 5.43. The first kappa shape index (κ1) is 9.03. The van der Waals surface area contributed by atoms with Crippen molar-refractivity contribution in [2.45, 2.75) is 26.9 Å². The van der Waals surface area contributed by atoms with Gasteiger partial charge in [-0.05, 0) is 0 Å². The summed E-state index contributed by atoms with van der Waals surface area (Å²) in [5.74, 6) is -0.901. The lowest BCUT2D eigenvalue weighted by molar-refractivity contribution is -0.161. The van der Waals surface area contributed by atoms with Crippen LogP contribution in [-0.4, -0.2) is 24.6 Å². The molecule has 0 aromatic rings. The third kappa shape index (κ3) is 1.57. The summed E-state index contributed by atoms with van der Waals surface area (Å²) in [6.45, 7) is 5.24. The van der Waals surface area contributed by atoms with Gasteiger partial charge in [-0.3, -0.25) is 4.79 Å². The molecule has 1 fully saturated rings. The molecule has 4 nitrogen and oxygen atoms in total. The van der Waals surface area contributed by atoms with E-state index >= 15 is 0 Å². The van der Waals surface area contributed by atoms with Crippen LogP contribution in [-0.2, 0) is 19.1 Å². The summed E-state index contributed by atoms with van der Waals surface area (Å²) >= 11 is 0. The van der Waals surface area contributed by atoms with Crippen LogP contribution >= 0.6 is 0 Å². The zero-order chi connectivity index (χ0) is 9.35. The second-order valence-electron chi connectivity index (χ2n) is 3.59. The Bertz CT molecular complexity index is 219. The van der Waals surface area contributed by atoms with E-state index in [4.69, 9.17) is 9.47 Å². The average molecular weight is 172 g/mol. The molecule has 1 atom stereocenters. The Morgan fingerprint density at radius 3 is 2.58 bits per heavy atom. The molecule has 1 saturated heterocycles. The summed E-state index contributed by atoms with van der Waals surface area (Å²) in [5.41, 5.74) is -0.400. The molecule has 1 rings (SSSR count). The number of esters is 2. The van der Waals surface area contributed by atoms with Gasteiger partial charge >= 0.3 is 11.9 Å². The zero-order valence-corrected chi connectivity index (χ0v) is 7.42. The average Bonchev–Trinajstić information content (AvgIpc) is 2.15. The summed E-state index contributed by atoms with van der Waals surface area (Å²) in [4.78, 5) is 21.6. The molecular weight excluding hydrogens is 160 g/mol. The van der Waals surface area contributed by atoms with Crippen LogP contribution in [0.3, 0.4) is 0 Å². The molecule has 0 spiro atoms. The second-order valence-corrected chi connectivity index (χ2v) is 3.59. The standard InChI is InChI=1S/C8H12O4/c1-5(9)12-6-7(10)11-4-8(6,2)3/h6H,4H2,1-3H3. The van der Waals surface area contributed by atoms with Gasteiger partial charge in [-0.1, -0.05) is 13.8 Å². The topological polar surface area (TPSA) is 52.6 Å². The fourth-order valence-electron chi connectivity index (χ4n) is 1.10. The SMILES string of the molecule is CC(=O)OC1C(=O)OCC1(C)C. The summed E-state index contributed by atoms with van der Waals surface area (Å²) < 4.78 is 9.59. The van der Waals surface area contributed by atoms with Gasteiger partial charge in [-0.2, -0.15) is 0 Å². The highest BCUT2D eigenvalue weighted by molar-refractivity contribution is 5.81.